The Balaban J connectivity index is 2.98. The van der Waals surface area contributed by atoms with Crippen LogP contribution in [-0.2, 0) is 23.8 Å². The average Bonchev–Trinajstić information content (AvgIpc) is 2.43. The van der Waals surface area contributed by atoms with Crippen molar-refractivity contribution in [2.75, 3.05) is 7.11 Å². The van der Waals surface area contributed by atoms with E-state index in [-0.39, 0.29) is 0 Å². The van der Waals surface area contributed by atoms with E-state index in [1.165, 1.54) is 0 Å². The minimum Gasteiger partial charge on any atom is -0.378 e. The normalized spacial score (nSPS) is 11.3. The number of halogens is 2. The Morgan fingerprint density at radius 1 is 1.47 bits per heavy atom. The van der Waals surface area contributed by atoms with Crippen LogP contribution in [0.2, 0.25) is 5.15 Å². The number of ether oxygens (including phenoxy) is 1. The first-order valence-corrected chi connectivity index (χ1v) is 5.80. The molecule has 86 valence electrons. The van der Waals surface area contributed by atoms with Crippen LogP contribution in [0.3, 0.4) is 0 Å². The first-order valence-electron chi connectivity index (χ1n) is 4.89. The predicted molar refractivity (Wildman–Crippen MR) is 62.3 cm³/mol. The Hall–Kier alpha value is -0.250. The van der Waals surface area contributed by atoms with E-state index >= 15 is 0 Å². The van der Waals surface area contributed by atoms with Gasteiger partial charge in [0, 0.05) is 19.2 Å². The van der Waals surface area contributed by atoms with Crippen molar-refractivity contribution < 1.29 is 4.74 Å². The van der Waals surface area contributed by atoms with Crippen molar-refractivity contribution in [2.45, 2.75) is 32.9 Å². The molecule has 1 aromatic heterocycles. The van der Waals surface area contributed by atoms with Crippen LogP contribution < -0.4 is 0 Å². The molecule has 0 atom stereocenters. The van der Waals surface area contributed by atoms with Gasteiger partial charge in [-0.2, -0.15) is 5.10 Å². The van der Waals surface area contributed by atoms with Crippen molar-refractivity contribution in [1.29, 1.82) is 0 Å². The van der Waals surface area contributed by atoms with Crippen molar-refractivity contribution in [2.24, 2.45) is 5.92 Å². The summed E-state index contributed by atoms with van der Waals surface area (Å²) in [7, 11) is 1.63. The van der Waals surface area contributed by atoms with E-state index in [0.29, 0.717) is 23.6 Å². The molecule has 0 aliphatic carbocycles. The lowest BCUT2D eigenvalue weighted by atomic mass is 10.2. The number of alkyl halides is 1. The summed E-state index contributed by atoms with van der Waals surface area (Å²) in [4.78, 5) is 0. The summed E-state index contributed by atoms with van der Waals surface area (Å²) in [6, 6.07) is 0. The maximum Gasteiger partial charge on any atom is 0.131 e. The van der Waals surface area contributed by atoms with Gasteiger partial charge in [0.05, 0.1) is 18.2 Å². The minimum absolute atomic E-state index is 0.371. The summed E-state index contributed by atoms with van der Waals surface area (Å²) in [5, 5.41) is 5.02. The van der Waals surface area contributed by atoms with Crippen LogP contribution >= 0.6 is 23.2 Å². The van der Waals surface area contributed by atoms with E-state index < -0.39 is 0 Å². The van der Waals surface area contributed by atoms with Gasteiger partial charge < -0.3 is 4.74 Å². The zero-order valence-corrected chi connectivity index (χ0v) is 10.8. The van der Waals surface area contributed by atoms with Gasteiger partial charge in [0.1, 0.15) is 5.15 Å². The second-order valence-electron chi connectivity index (χ2n) is 3.86. The molecule has 0 N–H and O–H groups in total. The zero-order valence-electron chi connectivity index (χ0n) is 9.26. The van der Waals surface area contributed by atoms with Gasteiger partial charge in [-0.3, -0.25) is 4.68 Å². The highest BCUT2D eigenvalue weighted by atomic mass is 35.5. The molecule has 0 spiro atoms. The van der Waals surface area contributed by atoms with Gasteiger partial charge in [0.2, 0.25) is 0 Å². The largest absolute Gasteiger partial charge is 0.378 e. The molecule has 0 unspecified atom stereocenters. The molecular formula is C10H16Cl2N2O. The molecule has 0 saturated carbocycles. The number of hydrogen-bond acceptors (Lipinski definition) is 2. The van der Waals surface area contributed by atoms with Crippen LogP contribution in [0.4, 0.5) is 0 Å². The summed E-state index contributed by atoms with van der Waals surface area (Å²) >= 11 is 12.0. The summed E-state index contributed by atoms with van der Waals surface area (Å²) in [5.74, 6) is 0.872. The Kier molecular flexibility index (Phi) is 4.90. The maximum atomic E-state index is 6.17. The molecule has 0 saturated heterocycles. The number of hydrogen-bond donors (Lipinski definition) is 0. The molecule has 0 aliphatic heterocycles. The maximum absolute atomic E-state index is 6.17. The smallest absolute Gasteiger partial charge is 0.131 e. The number of methoxy groups -OCH3 is 1. The Bertz CT molecular complexity index is 323. The van der Waals surface area contributed by atoms with Crippen LogP contribution in [0.15, 0.2) is 0 Å². The fraction of sp³-hybridized carbons (Fsp3) is 0.700. The number of nitrogens with zero attached hydrogens (tertiary/aromatic N) is 2. The van der Waals surface area contributed by atoms with Crippen molar-refractivity contribution in [1.82, 2.24) is 9.78 Å². The van der Waals surface area contributed by atoms with Gasteiger partial charge in [0.15, 0.2) is 0 Å². The highest BCUT2D eigenvalue weighted by Gasteiger charge is 2.15. The molecule has 0 aromatic carbocycles. The first kappa shape index (κ1) is 12.8. The fourth-order valence-electron chi connectivity index (χ4n) is 1.38. The second-order valence-corrected chi connectivity index (χ2v) is 4.48. The topological polar surface area (TPSA) is 27.1 Å². The fourth-order valence-corrected chi connectivity index (χ4v) is 2.01. The van der Waals surface area contributed by atoms with Crippen LogP contribution in [0.1, 0.15) is 25.1 Å². The van der Waals surface area contributed by atoms with Crippen molar-refractivity contribution in [3.05, 3.63) is 16.4 Å². The molecule has 1 heterocycles. The van der Waals surface area contributed by atoms with E-state index in [2.05, 4.69) is 18.9 Å². The standard InChI is InChI=1S/C10H16Cl2N2O/c1-7(2)5-14-10(12)8(4-11)9(13-14)6-15-3/h7H,4-6H2,1-3H3. The SMILES string of the molecule is COCc1nn(CC(C)C)c(Cl)c1CCl. The van der Waals surface area contributed by atoms with Gasteiger partial charge in [-0.15, -0.1) is 11.6 Å². The molecule has 3 nitrogen and oxygen atoms in total. The molecule has 0 aliphatic rings. The van der Waals surface area contributed by atoms with Crippen molar-refractivity contribution in [3.8, 4) is 0 Å². The molecule has 15 heavy (non-hydrogen) atoms. The Morgan fingerprint density at radius 3 is 2.60 bits per heavy atom. The molecule has 1 aromatic rings. The van der Waals surface area contributed by atoms with E-state index in [1.807, 2.05) is 0 Å². The van der Waals surface area contributed by atoms with E-state index in [0.717, 1.165) is 17.8 Å². The lowest BCUT2D eigenvalue weighted by Gasteiger charge is -2.05. The lowest BCUT2D eigenvalue weighted by Crippen LogP contribution is -2.06. The van der Waals surface area contributed by atoms with E-state index in [1.54, 1.807) is 11.8 Å². The van der Waals surface area contributed by atoms with Gasteiger partial charge >= 0.3 is 0 Å². The molecule has 0 fully saturated rings. The molecule has 5 heteroatoms. The third-order valence-corrected chi connectivity index (χ3v) is 2.71. The van der Waals surface area contributed by atoms with Crippen molar-refractivity contribution >= 4 is 23.2 Å². The predicted octanol–water partition coefficient (Wildman–Crippen LogP) is 3.08. The highest BCUT2D eigenvalue weighted by molar-refractivity contribution is 6.31. The first-order chi connectivity index (χ1) is 7.10. The minimum atomic E-state index is 0.371. The van der Waals surface area contributed by atoms with Crippen LogP contribution in [-0.4, -0.2) is 16.9 Å². The van der Waals surface area contributed by atoms with Gasteiger partial charge in [-0.25, -0.2) is 0 Å². The zero-order chi connectivity index (χ0) is 11.4. The summed E-state index contributed by atoms with van der Waals surface area (Å²) < 4.78 is 6.84. The van der Waals surface area contributed by atoms with Gasteiger partial charge in [-0.05, 0) is 5.92 Å². The molecule has 0 radical (unpaired) electrons. The summed E-state index contributed by atoms with van der Waals surface area (Å²) in [6.45, 7) is 5.49. The second kappa shape index (κ2) is 5.73. The summed E-state index contributed by atoms with van der Waals surface area (Å²) in [6.07, 6.45) is 0. The summed E-state index contributed by atoms with van der Waals surface area (Å²) in [5.41, 5.74) is 1.71. The van der Waals surface area contributed by atoms with Gasteiger partial charge in [0.25, 0.3) is 0 Å². The third-order valence-electron chi connectivity index (χ3n) is 2.02. The molecule has 0 amide bonds. The third kappa shape index (κ3) is 3.10. The van der Waals surface area contributed by atoms with E-state index in [4.69, 9.17) is 27.9 Å². The number of aromatic nitrogens is 2. The van der Waals surface area contributed by atoms with Crippen LogP contribution in [0, 0.1) is 5.92 Å². The highest BCUT2D eigenvalue weighted by Crippen LogP contribution is 2.23. The lowest BCUT2D eigenvalue weighted by molar-refractivity contribution is 0.180. The Morgan fingerprint density at radius 2 is 2.13 bits per heavy atom. The molecular weight excluding hydrogens is 235 g/mol. The van der Waals surface area contributed by atoms with Crippen LogP contribution in [0.25, 0.3) is 0 Å². The quantitative estimate of drug-likeness (QED) is 0.752. The Labute approximate surface area is 100 Å². The monoisotopic (exact) mass is 250 g/mol. The average molecular weight is 251 g/mol. The number of rotatable bonds is 5. The van der Waals surface area contributed by atoms with E-state index in [9.17, 15) is 0 Å². The van der Waals surface area contributed by atoms with Crippen LogP contribution in [0.5, 0.6) is 0 Å². The van der Waals surface area contributed by atoms with Crippen molar-refractivity contribution in [3.63, 3.8) is 0 Å². The molecule has 0 bridgehead atoms. The van der Waals surface area contributed by atoms with Gasteiger partial charge in [-0.1, -0.05) is 25.4 Å². The molecule has 1 rings (SSSR count).